The number of rotatable bonds is 5. The van der Waals surface area contributed by atoms with Crippen LogP contribution >= 0.6 is 0 Å². The van der Waals surface area contributed by atoms with Gasteiger partial charge in [0.15, 0.2) is 0 Å². The van der Waals surface area contributed by atoms with Gasteiger partial charge in [-0.1, -0.05) is 18.2 Å². The van der Waals surface area contributed by atoms with Crippen molar-refractivity contribution in [2.24, 2.45) is 0 Å². The summed E-state index contributed by atoms with van der Waals surface area (Å²) >= 11 is 0. The van der Waals surface area contributed by atoms with Crippen molar-refractivity contribution < 1.29 is 14.1 Å². The molecule has 0 saturated carbocycles. The minimum atomic E-state index is -0.473. The minimum absolute atomic E-state index is 0.0433. The van der Waals surface area contributed by atoms with Crippen LogP contribution in [-0.4, -0.2) is 12.0 Å². The molecule has 110 valence electrons. The second kappa shape index (κ2) is 6.21. The monoisotopic (exact) mass is 290 g/mol. The third-order valence-electron chi connectivity index (χ3n) is 3.15. The van der Waals surface area contributed by atoms with Gasteiger partial charge in [-0.05, 0) is 19.1 Å². The van der Waals surface area contributed by atoms with Crippen molar-refractivity contribution >= 4 is 11.4 Å². The van der Waals surface area contributed by atoms with Crippen LogP contribution in [-0.2, 0) is 0 Å². The van der Waals surface area contributed by atoms with E-state index in [1.165, 1.54) is 19.2 Å². The Morgan fingerprint density at radius 3 is 2.62 bits per heavy atom. The number of benzene rings is 2. The molecule has 21 heavy (non-hydrogen) atoms. The lowest BCUT2D eigenvalue weighted by Crippen LogP contribution is -2.10. The lowest BCUT2D eigenvalue weighted by atomic mass is 10.1. The fourth-order valence-corrected chi connectivity index (χ4v) is 2.05. The average Bonchev–Trinajstić information content (AvgIpc) is 2.47. The van der Waals surface area contributed by atoms with E-state index in [1.807, 2.05) is 0 Å². The first-order chi connectivity index (χ1) is 10.0. The van der Waals surface area contributed by atoms with Crippen LogP contribution in [0.2, 0.25) is 0 Å². The molecule has 5 nitrogen and oxygen atoms in total. The quantitative estimate of drug-likeness (QED) is 0.669. The van der Waals surface area contributed by atoms with E-state index in [0.717, 1.165) is 0 Å². The molecule has 2 aromatic carbocycles. The van der Waals surface area contributed by atoms with E-state index in [-0.39, 0.29) is 5.69 Å². The van der Waals surface area contributed by atoms with Gasteiger partial charge in [0, 0.05) is 17.7 Å². The van der Waals surface area contributed by atoms with Crippen LogP contribution < -0.4 is 10.1 Å². The van der Waals surface area contributed by atoms with Gasteiger partial charge in [0.2, 0.25) is 0 Å². The Labute approximate surface area is 121 Å². The Morgan fingerprint density at radius 1 is 1.29 bits per heavy atom. The molecular weight excluding hydrogens is 275 g/mol. The van der Waals surface area contributed by atoms with Gasteiger partial charge < -0.3 is 10.1 Å². The summed E-state index contributed by atoms with van der Waals surface area (Å²) in [5.41, 5.74) is 0.720. The molecule has 0 aromatic heterocycles. The maximum atomic E-state index is 14.0. The number of para-hydroxylation sites is 2. The van der Waals surface area contributed by atoms with Crippen LogP contribution in [0.1, 0.15) is 18.5 Å². The number of anilines is 1. The zero-order chi connectivity index (χ0) is 15.4. The van der Waals surface area contributed by atoms with Crippen molar-refractivity contribution in [3.63, 3.8) is 0 Å². The molecule has 6 heteroatoms. The topological polar surface area (TPSA) is 64.4 Å². The molecule has 0 saturated heterocycles. The molecule has 0 aliphatic rings. The summed E-state index contributed by atoms with van der Waals surface area (Å²) in [7, 11) is 1.46. The Kier molecular flexibility index (Phi) is 4.37. The average molecular weight is 290 g/mol. The number of nitrogens with one attached hydrogen (secondary N) is 1. The molecule has 0 aliphatic carbocycles. The Bertz CT molecular complexity index is 661. The number of hydrogen-bond acceptors (Lipinski definition) is 4. The molecule has 0 heterocycles. The zero-order valence-electron chi connectivity index (χ0n) is 11.7. The van der Waals surface area contributed by atoms with Crippen molar-refractivity contribution in [3.05, 3.63) is 64.0 Å². The largest absolute Gasteiger partial charge is 0.497 e. The summed E-state index contributed by atoms with van der Waals surface area (Å²) in [5, 5.41) is 13.9. The molecule has 2 rings (SSSR count). The Morgan fingerprint density at radius 2 is 2.00 bits per heavy atom. The molecule has 0 aliphatic heterocycles. The van der Waals surface area contributed by atoms with E-state index >= 15 is 0 Å². The van der Waals surface area contributed by atoms with Crippen LogP contribution in [0.15, 0.2) is 42.5 Å². The molecule has 1 N–H and O–H groups in total. The molecule has 2 aromatic rings. The van der Waals surface area contributed by atoms with E-state index in [2.05, 4.69) is 5.32 Å². The molecule has 0 bridgehead atoms. The van der Waals surface area contributed by atoms with Crippen molar-refractivity contribution in [2.75, 3.05) is 12.4 Å². The summed E-state index contributed by atoms with van der Waals surface area (Å²) < 4.78 is 18.9. The first kappa shape index (κ1) is 14.8. The van der Waals surface area contributed by atoms with Crippen molar-refractivity contribution in [2.45, 2.75) is 13.0 Å². The van der Waals surface area contributed by atoms with E-state index in [0.29, 0.717) is 17.0 Å². The molecular formula is C15H15FN2O3. The van der Waals surface area contributed by atoms with E-state index in [9.17, 15) is 14.5 Å². The van der Waals surface area contributed by atoms with Gasteiger partial charge in [-0.15, -0.1) is 0 Å². The third kappa shape index (κ3) is 3.28. The molecule has 0 radical (unpaired) electrons. The van der Waals surface area contributed by atoms with Crippen LogP contribution in [0.3, 0.4) is 0 Å². The predicted molar refractivity (Wildman–Crippen MR) is 78.1 cm³/mol. The van der Waals surface area contributed by atoms with Crippen LogP contribution in [0, 0.1) is 15.9 Å². The van der Waals surface area contributed by atoms with Crippen molar-refractivity contribution in [1.82, 2.24) is 0 Å². The predicted octanol–water partition coefficient (Wildman–Crippen LogP) is 3.92. The fourth-order valence-electron chi connectivity index (χ4n) is 2.05. The Hall–Kier alpha value is -2.63. The molecule has 0 spiro atoms. The zero-order valence-corrected chi connectivity index (χ0v) is 11.7. The number of methoxy groups -OCH3 is 1. The smallest absolute Gasteiger partial charge is 0.292 e. The highest BCUT2D eigenvalue weighted by Gasteiger charge is 2.17. The molecule has 0 fully saturated rings. The van der Waals surface area contributed by atoms with Gasteiger partial charge in [0.25, 0.3) is 5.69 Å². The fraction of sp³-hybridized carbons (Fsp3) is 0.200. The standard InChI is InChI=1S/C15H15FN2O3/c1-10(12-8-7-11(21-2)9-13(12)16)17-14-5-3-4-6-15(14)18(19)20/h3-10,17H,1-2H3. The molecule has 1 atom stereocenters. The first-order valence-electron chi connectivity index (χ1n) is 6.36. The maximum absolute atomic E-state index is 14.0. The van der Waals surface area contributed by atoms with Crippen LogP contribution in [0.4, 0.5) is 15.8 Å². The van der Waals surface area contributed by atoms with Gasteiger partial charge in [-0.2, -0.15) is 0 Å². The lowest BCUT2D eigenvalue weighted by Gasteiger charge is -2.16. The van der Waals surface area contributed by atoms with Gasteiger partial charge in [0.05, 0.1) is 18.1 Å². The number of hydrogen-bond donors (Lipinski definition) is 1. The highest BCUT2D eigenvalue weighted by Crippen LogP contribution is 2.29. The Balaban J connectivity index is 2.26. The lowest BCUT2D eigenvalue weighted by molar-refractivity contribution is -0.384. The summed E-state index contributed by atoms with van der Waals surface area (Å²) in [4.78, 5) is 10.5. The highest BCUT2D eigenvalue weighted by atomic mass is 19.1. The van der Waals surface area contributed by atoms with Gasteiger partial charge in [-0.25, -0.2) is 4.39 Å². The normalized spacial score (nSPS) is 11.8. The highest BCUT2D eigenvalue weighted by molar-refractivity contribution is 5.62. The molecule has 0 amide bonds. The summed E-state index contributed by atoms with van der Waals surface area (Å²) in [6.07, 6.45) is 0. The minimum Gasteiger partial charge on any atom is -0.497 e. The number of halogens is 1. The second-order valence-electron chi connectivity index (χ2n) is 4.53. The van der Waals surface area contributed by atoms with E-state index in [4.69, 9.17) is 4.74 Å². The van der Waals surface area contributed by atoms with Crippen LogP contribution in [0.25, 0.3) is 0 Å². The van der Waals surface area contributed by atoms with Crippen LogP contribution in [0.5, 0.6) is 5.75 Å². The first-order valence-corrected chi connectivity index (χ1v) is 6.36. The summed E-state index contributed by atoms with van der Waals surface area (Å²) in [6, 6.07) is 10.4. The van der Waals surface area contributed by atoms with E-state index in [1.54, 1.807) is 37.3 Å². The van der Waals surface area contributed by atoms with E-state index < -0.39 is 16.8 Å². The number of nitro benzene ring substituents is 1. The van der Waals surface area contributed by atoms with Crippen molar-refractivity contribution in [3.8, 4) is 5.75 Å². The van der Waals surface area contributed by atoms with Gasteiger partial charge in [-0.3, -0.25) is 10.1 Å². The number of ether oxygens (including phenoxy) is 1. The van der Waals surface area contributed by atoms with Gasteiger partial charge in [0.1, 0.15) is 17.3 Å². The van der Waals surface area contributed by atoms with Gasteiger partial charge >= 0.3 is 0 Å². The summed E-state index contributed by atoms with van der Waals surface area (Å²) in [6.45, 7) is 1.74. The third-order valence-corrected chi connectivity index (χ3v) is 3.15. The number of nitrogens with zero attached hydrogens (tertiary/aromatic N) is 1. The number of nitro groups is 1. The second-order valence-corrected chi connectivity index (χ2v) is 4.53. The SMILES string of the molecule is COc1ccc(C(C)Nc2ccccc2[N+](=O)[O-])c(F)c1. The maximum Gasteiger partial charge on any atom is 0.292 e. The van der Waals surface area contributed by atoms with Crippen molar-refractivity contribution in [1.29, 1.82) is 0 Å². The molecule has 1 unspecified atom stereocenters. The summed E-state index contributed by atoms with van der Waals surface area (Å²) in [5.74, 6) is 0.00192.